The SMILES string of the molecule is CCN(CC)c1ccc(OC)c2nc(-c3c(OC)cc(C)cc3OC)c(C)cc12. The fraction of sp³-hybridized carbons (Fsp3) is 0.375. The van der Waals surface area contributed by atoms with Gasteiger partial charge < -0.3 is 19.1 Å². The molecule has 0 saturated heterocycles. The van der Waals surface area contributed by atoms with Crippen LogP contribution in [0.25, 0.3) is 22.2 Å². The molecule has 0 atom stereocenters. The van der Waals surface area contributed by atoms with Gasteiger partial charge in [-0.25, -0.2) is 4.98 Å². The highest BCUT2D eigenvalue weighted by atomic mass is 16.5. The molecule has 1 aromatic heterocycles. The predicted octanol–water partition coefficient (Wildman–Crippen LogP) is 5.39. The van der Waals surface area contributed by atoms with Gasteiger partial charge in [-0.15, -0.1) is 0 Å². The van der Waals surface area contributed by atoms with Crippen molar-refractivity contribution in [2.24, 2.45) is 0 Å². The molecule has 1 heterocycles. The molecule has 3 aromatic rings. The van der Waals surface area contributed by atoms with Crippen LogP contribution in [0, 0.1) is 13.8 Å². The van der Waals surface area contributed by atoms with E-state index in [0.29, 0.717) is 0 Å². The Morgan fingerprint density at radius 3 is 1.93 bits per heavy atom. The highest BCUT2D eigenvalue weighted by Gasteiger charge is 2.20. The summed E-state index contributed by atoms with van der Waals surface area (Å²) in [6.07, 6.45) is 0. The fourth-order valence-corrected chi connectivity index (χ4v) is 3.85. The number of methoxy groups -OCH3 is 3. The van der Waals surface area contributed by atoms with Crippen molar-refractivity contribution in [3.8, 4) is 28.5 Å². The summed E-state index contributed by atoms with van der Waals surface area (Å²) in [5, 5.41) is 1.08. The van der Waals surface area contributed by atoms with E-state index in [9.17, 15) is 0 Å². The van der Waals surface area contributed by atoms with Crippen LogP contribution in [0.2, 0.25) is 0 Å². The molecule has 0 saturated carbocycles. The molecule has 0 amide bonds. The van der Waals surface area contributed by atoms with Crippen molar-refractivity contribution < 1.29 is 14.2 Å². The second-order valence-corrected chi connectivity index (χ2v) is 7.05. The molecule has 0 aliphatic heterocycles. The molecule has 0 fully saturated rings. The van der Waals surface area contributed by atoms with Crippen LogP contribution in [0.4, 0.5) is 5.69 Å². The standard InChI is InChI=1S/C24H30N2O3/c1-8-26(9-2)18-10-11-19(27-5)24-17(18)14-16(4)23(25-24)22-20(28-6)12-15(3)13-21(22)29-7/h10-14H,8-9H2,1-7H3. The largest absolute Gasteiger partial charge is 0.496 e. The Bertz CT molecular complexity index is 1000. The van der Waals surface area contributed by atoms with Gasteiger partial charge >= 0.3 is 0 Å². The summed E-state index contributed by atoms with van der Waals surface area (Å²) >= 11 is 0. The summed E-state index contributed by atoms with van der Waals surface area (Å²) in [7, 11) is 5.03. The zero-order valence-corrected chi connectivity index (χ0v) is 18.4. The summed E-state index contributed by atoms with van der Waals surface area (Å²) in [6, 6.07) is 10.3. The summed E-state index contributed by atoms with van der Waals surface area (Å²) in [4.78, 5) is 7.39. The minimum absolute atomic E-state index is 0.746. The van der Waals surface area contributed by atoms with Crippen molar-refractivity contribution in [1.29, 1.82) is 0 Å². The molecule has 0 aliphatic rings. The molecule has 0 radical (unpaired) electrons. The van der Waals surface area contributed by atoms with Gasteiger partial charge in [-0.05, 0) is 69.2 Å². The van der Waals surface area contributed by atoms with Gasteiger partial charge in [-0.2, -0.15) is 0 Å². The van der Waals surface area contributed by atoms with Crippen molar-refractivity contribution in [2.75, 3.05) is 39.3 Å². The predicted molar refractivity (Wildman–Crippen MR) is 120 cm³/mol. The molecule has 0 bridgehead atoms. The van der Waals surface area contributed by atoms with Gasteiger partial charge in [0.1, 0.15) is 22.8 Å². The van der Waals surface area contributed by atoms with Crippen molar-refractivity contribution >= 4 is 16.6 Å². The minimum Gasteiger partial charge on any atom is -0.496 e. The van der Waals surface area contributed by atoms with Gasteiger partial charge in [-0.3, -0.25) is 0 Å². The van der Waals surface area contributed by atoms with Crippen LogP contribution in [0.15, 0.2) is 30.3 Å². The van der Waals surface area contributed by atoms with Gasteiger partial charge in [0.05, 0.1) is 32.6 Å². The average molecular weight is 395 g/mol. The highest BCUT2D eigenvalue weighted by molar-refractivity contribution is 5.98. The first kappa shape index (κ1) is 20.8. The lowest BCUT2D eigenvalue weighted by atomic mass is 10.00. The third-order valence-corrected chi connectivity index (χ3v) is 5.33. The van der Waals surface area contributed by atoms with Gasteiger partial charge in [0.2, 0.25) is 0 Å². The Morgan fingerprint density at radius 1 is 0.828 bits per heavy atom. The van der Waals surface area contributed by atoms with Crippen molar-refractivity contribution in [3.05, 3.63) is 41.5 Å². The lowest BCUT2D eigenvalue weighted by Crippen LogP contribution is -2.22. The highest BCUT2D eigenvalue weighted by Crippen LogP contribution is 2.42. The van der Waals surface area contributed by atoms with Gasteiger partial charge in [0, 0.05) is 24.2 Å². The second kappa shape index (κ2) is 8.60. The monoisotopic (exact) mass is 394 g/mol. The molecule has 0 aliphatic carbocycles. The first-order valence-corrected chi connectivity index (χ1v) is 9.95. The lowest BCUT2D eigenvalue weighted by Gasteiger charge is -2.24. The van der Waals surface area contributed by atoms with Crippen molar-refractivity contribution in [1.82, 2.24) is 4.98 Å². The maximum absolute atomic E-state index is 5.68. The van der Waals surface area contributed by atoms with Crippen LogP contribution >= 0.6 is 0 Å². The molecule has 0 unspecified atom stereocenters. The number of nitrogens with zero attached hydrogens (tertiary/aromatic N) is 2. The van der Waals surface area contributed by atoms with Crippen LogP contribution in [0.3, 0.4) is 0 Å². The number of fused-ring (bicyclic) bond motifs is 1. The number of ether oxygens (including phenoxy) is 3. The Morgan fingerprint density at radius 2 is 1.41 bits per heavy atom. The molecule has 0 N–H and O–H groups in total. The van der Waals surface area contributed by atoms with Gasteiger partial charge in [-0.1, -0.05) is 0 Å². The molecule has 2 aromatic carbocycles. The van der Waals surface area contributed by atoms with E-state index in [1.165, 1.54) is 0 Å². The zero-order chi connectivity index (χ0) is 21.1. The van der Waals surface area contributed by atoms with Crippen LogP contribution < -0.4 is 19.1 Å². The Labute approximate surface area is 173 Å². The van der Waals surface area contributed by atoms with Crippen LogP contribution in [-0.2, 0) is 0 Å². The third-order valence-electron chi connectivity index (χ3n) is 5.33. The lowest BCUT2D eigenvalue weighted by molar-refractivity contribution is 0.396. The van der Waals surface area contributed by atoms with E-state index in [4.69, 9.17) is 19.2 Å². The molecule has 154 valence electrons. The number of pyridine rings is 1. The Kier molecular flexibility index (Phi) is 6.16. The summed E-state index contributed by atoms with van der Waals surface area (Å²) < 4.78 is 17.0. The minimum atomic E-state index is 0.746. The summed E-state index contributed by atoms with van der Waals surface area (Å²) in [5.41, 5.74) is 5.82. The number of hydrogen-bond acceptors (Lipinski definition) is 5. The fourth-order valence-electron chi connectivity index (χ4n) is 3.85. The quantitative estimate of drug-likeness (QED) is 0.537. The number of rotatable bonds is 7. The van der Waals surface area contributed by atoms with Crippen LogP contribution in [0.5, 0.6) is 17.2 Å². The van der Waals surface area contributed by atoms with Gasteiger partial charge in [0.15, 0.2) is 0 Å². The van der Waals surface area contributed by atoms with E-state index < -0.39 is 0 Å². The number of aromatic nitrogens is 1. The molecule has 5 nitrogen and oxygen atoms in total. The molecule has 0 spiro atoms. The number of hydrogen-bond donors (Lipinski definition) is 0. The van der Waals surface area contributed by atoms with E-state index >= 15 is 0 Å². The smallest absolute Gasteiger partial charge is 0.145 e. The van der Waals surface area contributed by atoms with E-state index in [0.717, 1.165) is 69.3 Å². The van der Waals surface area contributed by atoms with E-state index in [1.807, 2.05) is 25.1 Å². The van der Waals surface area contributed by atoms with E-state index in [-0.39, 0.29) is 0 Å². The Hall–Kier alpha value is -2.95. The molecule has 29 heavy (non-hydrogen) atoms. The molecule has 3 rings (SSSR count). The Balaban J connectivity index is 2.37. The topological polar surface area (TPSA) is 43.8 Å². The summed E-state index contributed by atoms with van der Waals surface area (Å²) in [6.45, 7) is 10.3. The normalized spacial score (nSPS) is 10.9. The van der Waals surface area contributed by atoms with Crippen molar-refractivity contribution in [2.45, 2.75) is 27.7 Å². The van der Waals surface area contributed by atoms with Gasteiger partial charge in [0.25, 0.3) is 0 Å². The van der Waals surface area contributed by atoms with E-state index in [1.54, 1.807) is 21.3 Å². The van der Waals surface area contributed by atoms with Crippen LogP contribution in [0.1, 0.15) is 25.0 Å². The third kappa shape index (κ3) is 3.69. The maximum Gasteiger partial charge on any atom is 0.145 e. The second-order valence-electron chi connectivity index (χ2n) is 7.05. The average Bonchev–Trinajstić information content (AvgIpc) is 2.73. The zero-order valence-electron chi connectivity index (χ0n) is 18.4. The van der Waals surface area contributed by atoms with E-state index in [2.05, 4.69) is 37.8 Å². The number of anilines is 1. The molecular formula is C24H30N2O3. The number of aryl methyl sites for hydroxylation is 2. The molecular weight excluding hydrogens is 364 g/mol. The van der Waals surface area contributed by atoms with Crippen LogP contribution in [-0.4, -0.2) is 39.4 Å². The van der Waals surface area contributed by atoms with Crippen molar-refractivity contribution in [3.63, 3.8) is 0 Å². The maximum atomic E-state index is 5.68. The molecule has 5 heteroatoms. The summed E-state index contributed by atoms with van der Waals surface area (Å²) in [5.74, 6) is 2.24. The number of benzene rings is 2. The first-order valence-electron chi connectivity index (χ1n) is 9.95. The first-order chi connectivity index (χ1) is 14.0.